The lowest BCUT2D eigenvalue weighted by molar-refractivity contribution is 0.0728. The molecular formula is C30H25F3O3. The monoisotopic (exact) mass is 490 g/mol. The maximum absolute atomic E-state index is 14.8. The van der Waals surface area contributed by atoms with Gasteiger partial charge in [0, 0.05) is 12.1 Å². The van der Waals surface area contributed by atoms with Gasteiger partial charge >= 0.3 is 5.97 Å². The molecule has 4 aromatic rings. The van der Waals surface area contributed by atoms with Crippen LogP contribution in [0.5, 0.6) is 11.5 Å². The molecule has 0 N–H and O–H groups in total. The van der Waals surface area contributed by atoms with Crippen molar-refractivity contribution in [3.63, 3.8) is 0 Å². The van der Waals surface area contributed by atoms with E-state index < -0.39 is 29.2 Å². The Bertz CT molecular complexity index is 1330. The largest absolute Gasteiger partial charge is 0.488 e. The van der Waals surface area contributed by atoms with E-state index in [0.717, 1.165) is 29.7 Å². The van der Waals surface area contributed by atoms with Gasteiger partial charge in [-0.15, -0.1) is 0 Å². The fraction of sp³-hybridized carbons (Fsp3) is 0.167. The third-order valence-corrected chi connectivity index (χ3v) is 5.86. The molecule has 0 saturated heterocycles. The molecule has 0 bridgehead atoms. The number of benzene rings is 4. The van der Waals surface area contributed by atoms with Crippen LogP contribution < -0.4 is 9.47 Å². The Balaban J connectivity index is 1.45. The number of ether oxygens (including phenoxy) is 2. The van der Waals surface area contributed by atoms with E-state index in [1.807, 2.05) is 42.5 Å². The van der Waals surface area contributed by atoms with Gasteiger partial charge in [0.15, 0.2) is 17.4 Å². The molecule has 1 atom stereocenters. The van der Waals surface area contributed by atoms with Crippen molar-refractivity contribution >= 4 is 5.97 Å². The zero-order valence-electron chi connectivity index (χ0n) is 19.9. The highest BCUT2D eigenvalue weighted by molar-refractivity contribution is 5.92. The van der Waals surface area contributed by atoms with E-state index in [2.05, 4.69) is 19.1 Å². The van der Waals surface area contributed by atoms with Crippen molar-refractivity contribution in [1.29, 1.82) is 0 Å². The molecule has 0 aliphatic carbocycles. The Labute approximate surface area is 208 Å². The SMILES string of the molecule is CCOc1c(F)cc(OC(=O)c2ccc(-c3ccc(C[C@H](C)c4ccccc4)cc3)cc2F)cc1F. The van der Waals surface area contributed by atoms with Gasteiger partial charge < -0.3 is 9.47 Å². The minimum atomic E-state index is -1.06. The van der Waals surface area contributed by atoms with Crippen LogP contribution in [0.1, 0.15) is 41.3 Å². The quantitative estimate of drug-likeness (QED) is 0.187. The molecular weight excluding hydrogens is 465 g/mol. The molecule has 36 heavy (non-hydrogen) atoms. The van der Waals surface area contributed by atoms with Crippen LogP contribution in [-0.2, 0) is 6.42 Å². The van der Waals surface area contributed by atoms with E-state index in [0.29, 0.717) is 11.5 Å². The molecule has 6 heteroatoms. The van der Waals surface area contributed by atoms with Gasteiger partial charge in [-0.05, 0) is 53.6 Å². The highest BCUT2D eigenvalue weighted by Crippen LogP contribution is 2.29. The second kappa shape index (κ2) is 11.1. The molecule has 0 heterocycles. The lowest BCUT2D eigenvalue weighted by Crippen LogP contribution is -2.11. The fourth-order valence-corrected chi connectivity index (χ4v) is 3.99. The van der Waals surface area contributed by atoms with Crippen LogP contribution in [0.3, 0.4) is 0 Å². The van der Waals surface area contributed by atoms with Gasteiger partial charge in [-0.25, -0.2) is 18.0 Å². The first-order valence-corrected chi connectivity index (χ1v) is 11.6. The molecule has 0 spiro atoms. The van der Waals surface area contributed by atoms with Crippen LogP contribution in [0.15, 0.2) is 84.9 Å². The Kier molecular flexibility index (Phi) is 7.74. The molecule has 4 rings (SSSR count). The third kappa shape index (κ3) is 5.77. The maximum Gasteiger partial charge on any atom is 0.346 e. The minimum Gasteiger partial charge on any atom is -0.488 e. The zero-order chi connectivity index (χ0) is 25.7. The van der Waals surface area contributed by atoms with Gasteiger partial charge in [-0.2, -0.15) is 0 Å². The predicted molar refractivity (Wildman–Crippen MR) is 133 cm³/mol. The van der Waals surface area contributed by atoms with Gasteiger partial charge in [0.1, 0.15) is 11.6 Å². The molecule has 0 aliphatic heterocycles. The molecule has 4 aromatic carbocycles. The molecule has 0 aromatic heterocycles. The van der Waals surface area contributed by atoms with Gasteiger partial charge in [0.2, 0.25) is 0 Å². The highest BCUT2D eigenvalue weighted by Gasteiger charge is 2.19. The standard InChI is InChI=1S/C30H25F3O3/c1-3-35-29-27(32)17-24(18-28(29)33)36-30(34)25-14-13-23(16-26(25)31)22-11-9-20(10-12-22)15-19(2)21-7-5-4-6-8-21/h4-14,16-19H,3,15H2,1-2H3/t19-/m0/s1. The number of carbonyl (C=O) groups excluding carboxylic acids is 1. The summed E-state index contributed by atoms with van der Waals surface area (Å²) in [5.41, 5.74) is 3.46. The van der Waals surface area contributed by atoms with Crippen LogP contribution >= 0.6 is 0 Å². The van der Waals surface area contributed by atoms with Crippen LogP contribution in [0.4, 0.5) is 13.2 Å². The Morgan fingerprint density at radius 2 is 1.44 bits per heavy atom. The number of esters is 1. The van der Waals surface area contributed by atoms with Gasteiger partial charge in [0.05, 0.1) is 12.2 Å². The molecule has 3 nitrogen and oxygen atoms in total. The second-order valence-corrected chi connectivity index (χ2v) is 8.45. The Morgan fingerprint density at radius 1 is 0.806 bits per heavy atom. The topological polar surface area (TPSA) is 35.5 Å². The van der Waals surface area contributed by atoms with Gasteiger partial charge in [-0.3, -0.25) is 0 Å². The number of halogens is 3. The van der Waals surface area contributed by atoms with Crippen molar-refractivity contribution in [3.05, 3.63) is 119 Å². The summed E-state index contributed by atoms with van der Waals surface area (Å²) in [7, 11) is 0. The smallest absolute Gasteiger partial charge is 0.346 e. The van der Waals surface area contributed by atoms with E-state index in [-0.39, 0.29) is 17.9 Å². The summed E-state index contributed by atoms with van der Waals surface area (Å²) in [6.07, 6.45) is 0.871. The van der Waals surface area contributed by atoms with Gasteiger partial charge in [0.25, 0.3) is 0 Å². The summed E-state index contributed by atoms with van der Waals surface area (Å²) in [5, 5.41) is 0. The van der Waals surface area contributed by atoms with Crippen LogP contribution in [0.2, 0.25) is 0 Å². The first-order valence-electron chi connectivity index (χ1n) is 11.6. The van der Waals surface area contributed by atoms with E-state index in [9.17, 15) is 18.0 Å². The zero-order valence-corrected chi connectivity index (χ0v) is 19.9. The first-order chi connectivity index (χ1) is 17.4. The molecule has 0 radical (unpaired) electrons. The maximum atomic E-state index is 14.8. The van der Waals surface area contributed by atoms with Crippen molar-refractivity contribution in [2.75, 3.05) is 6.61 Å². The van der Waals surface area contributed by atoms with Crippen molar-refractivity contribution in [3.8, 4) is 22.6 Å². The highest BCUT2D eigenvalue weighted by atomic mass is 19.1. The average Bonchev–Trinajstić information content (AvgIpc) is 2.87. The summed E-state index contributed by atoms with van der Waals surface area (Å²) < 4.78 is 52.7. The van der Waals surface area contributed by atoms with E-state index in [4.69, 9.17) is 9.47 Å². The number of hydrogen-bond acceptors (Lipinski definition) is 3. The molecule has 0 aliphatic rings. The van der Waals surface area contributed by atoms with Crippen LogP contribution in [0.25, 0.3) is 11.1 Å². The first kappa shape index (κ1) is 25.0. The predicted octanol–water partition coefficient (Wildman–Crippen LogP) is 7.74. The normalized spacial score (nSPS) is 11.7. The summed E-state index contributed by atoms with van der Waals surface area (Å²) in [6, 6.07) is 23.8. The van der Waals surface area contributed by atoms with Crippen molar-refractivity contribution in [2.45, 2.75) is 26.2 Å². The summed E-state index contributed by atoms with van der Waals surface area (Å²) in [6.45, 7) is 3.83. The van der Waals surface area contributed by atoms with Gasteiger partial charge in [-0.1, -0.05) is 67.6 Å². The average molecular weight is 491 g/mol. The Morgan fingerprint density at radius 3 is 2.06 bits per heavy atom. The molecule has 0 amide bonds. The van der Waals surface area contributed by atoms with Crippen molar-refractivity contribution in [1.82, 2.24) is 0 Å². The second-order valence-electron chi connectivity index (χ2n) is 8.45. The fourth-order valence-electron chi connectivity index (χ4n) is 3.99. The molecule has 0 unspecified atom stereocenters. The number of hydrogen-bond donors (Lipinski definition) is 0. The van der Waals surface area contributed by atoms with Crippen molar-refractivity contribution in [2.24, 2.45) is 0 Å². The van der Waals surface area contributed by atoms with Crippen LogP contribution in [0, 0.1) is 17.5 Å². The van der Waals surface area contributed by atoms with E-state index in [1.165, 1.54) is 17.7 Å². The minimum absolute atomic E-state index is 0.0695. The summed E-state index contributed by atoms with van der Waals surface area (Å²) in [4.78, 5) is 12.4. The van der Waals surface area contributed by atoms with Crippen LogP contribution in [-0.4, -0.2) is 12.6 Å². The third-order valence-electron chi connectivity index (χ3n) is 5.86. The lowest BCUT2D eigenvalue weighted by Gasteiger charge is -2.13. The summed E-state index contributed by atoms with van der Waals surface area (Å²) in [5.74, 6) is -4.49. The molecule has 0 saturated carbocycles. The Hall–Kier alpha value is -4.06. The van der Waals surface area contributed by atoms with E-state index in [1.54, 1.807) is 13.0 Å². The number of rotatable bonds is 8. The summed E-state index contributed by atoms with van der Waals surface area (Å²) >= 11 is 0. The number of carbonyl (C=O) groups is 1. The molecule has 184 valence electrons. The van der Waals surface area contributed by atoms with E-state index >= 15 is 0 Å². The lowest BCUT2D eigenvalue weighted by atomic mass is 9.93. The molecule has 0 fully saturated rings. The van der Waals surface area contributed by atoms with Crippen molar-refractivity contribution < 1.29 is 27.4 Å².